The highest BCUT2D eigenvalue weighted by molar-refractivity contribution is 6.62. The minimum Gasteiger partial charge on any atom is -0.375 e. The Morgan fingerprint density at radius 3 is 2.00 bits per heavy atom. The zero-order chi connectivity index (χ0) is 13.4. The molecule has 1 unspecified atom stereocenters. The van der Waals surface area contributed by atoms with Crippen LogP contribution in [0.4, 0.5) is 0 Å². The first kappa shape index (κ1) is 15.3. The van der Waals surface area contributed by atoms with Crippen LogP contribution < -0.4 is 0 Å². The SMILES string of the molecule is CCC(OCc1ccccc1)[Si](OC)(OC)OC. The summed E-state index contributed by atoms with van der Waals surface area (Å²) in [5.74, 6) is 0. The van der Waals surface area contributed by atoms with Gasteiger partial charge in [0.15, 0.2) is 0 Å². The number of hydrogen-bond donors (Lipinski definition) is 0. The molecule has 102 valence electrons. The average Bonchev–Trinajstić information content (AvgIpc) is 2.45. The summed E-state index contributed by atoms with van der Waals surface area (Å²) in [6.07, 6.45) is 0.786. The average molecular weight is 270 g/mol. The Balaban J connectivity index is 2.66. The van der Waals surface area contributed by atoms with Crippen LogP contribution in [0.3, 0.4) is 0 Å². The van der Waals surface area contributed by atoms with Crippen LogP contribution >= 0.6 is 0 Å². The van der Waals surface area contributed by atoms with Crippen LogP contribution in [0.2, 0.25) is 0 Å². The van der Waals surface area contributed by atoms with Crippen LogP contribution in [0.15, 0.2) is 30.3 Å². The summed E-state index contributed by atoms with van der Waals surface area (Å²) in [6, 6.07) is 10.0. The lowest BCUT2D eigenvalue weighted by Gasteiger charge is -2.31. The molecule has 0 fully saturated rings. The van der Waals surface area contributed by atoms with Crippen LogP contribution in [0.1, 0.15) is 18.9 Å². The smallest absolute Gasteiger partial charge is 0.375 e. The fourth-order valence-electron chi connectivity index (χ4n) is 1.89. The normalized spacial score (nSPS) is 13.6. The Morgan fingerprint density at radius 2 is 1.56 bits per heavy atom. The van der Waals surface area contributed by atoms with Gasteiger partial charge >= 0.3 is 8.80 Å². The molecule has 0 spiro atoms. The Morgan fingerprint density at radius 1 is 1.00 bits per heavy atom. The largest absolute Gasteiger partial charge is 0.530 e. The zero-order valence-electron chi connectivity index (χ0n) is 11.5. The molecule has 0 N–H and O–H groups in total. The standard InChI is InChI=1S/C13H22O4Si/c1-5-13(18(14-2,15-3)16-4)17-11-12-9-7-6-8-10-12/h6-10,13H,5,11H2,1-4H3. The lowest BCUT2D eigenvalue weighted by atomic mass is 10.2. The predicted octanol–water partition coefficient (Wildman–Crippen LogP) is 2.40. The fraction of sp³-hybridized carbons (Fsp3) is 0.538. The molecule has 18 heavy (non-hydrogen) atoms. The highest BCUT2D eigenvalue weighted by Crippen LogP contribution is 2.19. The van der Waals surface area contributed by atoms with Crippen LogP contribution in [-0.4, -0.2) is 35.9 Å². The van der Waals surface area contributed by atoms with E-state index in [9.17, 15) is 0 Å². The van der Waals surface area contributed by atoms with Gasteiger partial charge in [-0.3, -0.25) is 0 Å². The Hall–Kier alpha value is -0.723. The van der Waals surface area contributed by atoms with E-state index >= 15 is 0 Å². The molecule has 0 aliphatic carbocycles. The summed E-state index contributed by atoms with van der Waals surface area (Å²) in [5, 5.41) is 0. The molecular formula is C13H22O4Si. The van der Waals surface area contributed by atoms with Gasteiger partial charge in [-0.25, -0.2) is 0 Å². The fourth-order valence-corrected chi connectivity index (χ4v) is 3.96. The van der Waals surface area contributed by atoms with E-state index in [1.165, 1.54) is 0 Å². The maximum Gasteiger partial charge on any atom is 0.530 e. The lowest BCUT2D eigenvalue weighted by molar-refractivity contribution is 0.00407. The van der Waals surface area contributed by atoms with Gasteiger partial charge in [0.25, 0.3) is 0 Å². The van der Waals surface area contributed by atoms with Gasteiger partial charge in [0.05, 0.1) is 6.61 Å². The van der Waals surface area contributed by atoms with E-state index in [0.717, 1.165) is 12.0 Å². The highest BCUT2D eigenvalue weighted by Gasteiger charge is 2.47. The Bertz CT molecular complexity index is 319. The zero-order valence-corrected chi connectivity index (χ0v) is 12.5. The summed E-state index contributed by atoms with van der Waals surface area (Å²) >= 11 is 0. The quantitative estimate of drug-likeness (QED) is 0.680. The summed E-state index contributed by atoms with van der Waals surface area (Å²) in [5.41, 5.74) is 0.972. The van der Waals surface area contributed by atoms with E-state index in [-0.39, 0.29) is 5.73 Å². The van der Waals surface area contributed by atoms with Gasteiger partial charge in [-0.1, -0.05) is 37.3 Å². The molecule has 0 aliphatic heterocycles. The van der Waals surface area contributed by atoms with E-state index < -0.39 is 8.80 Å². The van der Waals surface area contributed by atoms with Gasteiger partial charge in [-0.05, 0) is 12.0 Å². The van der Waals surface area contributed by atoms with Gasteiger partial charge in [-0.15, -0.1) is 0 Å². The third-order valence-corrected chi connectivity index (χ3v) is 5.98. The van der Waals surface area contributed by atoms with Crippen molar-refractivity contribution in [3.8, 4) is 0 Å². The third kappa shape index (κ3) is 3.63. The molecule has 4 nitrogen and oxygen atoms in total. The molecule has 0 aliphatic rings. The van der Waals surface area contributed by atoms with Gasteiger partial charge in [-0.2, -0.15) is 0 Å². The van der Waals surface area contributed by atoms with Crippen molar-refractivity contribution in [3.05, 3.63) is 35.9 Å². The molecule has 1 rings (SSSR count). The van der Waals surface area contributed by atoms with Crippen molar-refractivity contribution in [2.24, 2.45) is 0 Å². The van der Waals surface area contributed by atoms with E-state index in [1.54, 1.807) is 21.3 Å². The van der Waals surface area contributed by atoms with Gasteiger partial charge < -0.3 is 18.0 Å². The van der Waals surface area contributed by atoms with Crippen molar-refractivity contribution in [1.82, 2.24) is 0 Å². The highest BCUT2D eigenvalue weighted by atomic mass is 28.4. The van der Waals surface area contributed by atoms with E-state index in [2.05, 4.69) is 0 Å². The maximum atomic E-state index is 5.90. The molecule has 5 heteroatoms. The van der Waals surface area contributed by atoms with E-state index in [0.29, 0.717) is 6.61 Å². The summed E-state index contributed by atoms with van der Waals surface area (Å²) in [4.78, 5) is 0. The Kier molecular flexibility index (Phi) is 6.52. The third-order valence-electron chi connectivity index (χ3n) is 2.91. The van der Waals surface area contributed by atoms with Crippen molar-refractivity contribution in [1.29, 1.82) is 0 Å². The molecule has 1 aromatic rings. The molecule has 1 atom stereocenters. The van der Waals surface area contributed by atoms with E-state index in [1.807, 2.05) is 37.3 Å². The first-order valence-electron chi connectivity index (χ1n) is 6.03. The van der Waals surface area contributed by atoms with Crippen LogP contribution in [-0.2, 0) is 24.6 Å². The maximum absolute atomic E-state index is 5.90. The van der Waals surface area contributed by atoms with Gasteiger partial charge in [0, 0.05) is 21.3 Å². The number of rotatable bonds is 8. The first-order valence-corrected chi connectivity index (χ1v) is 7.83. The van der Waals surface area contributed by atoms with Crippen molar-refractivity contribution >= 4 is 8.80 Å². The molecule has 1 aromatic carbocycles. The molecular weight excluding hydrogens is 248 g/mol. The monoisotopic (exact) mass is 270 g/mol. The molecule has 0 aromatic heterocycles. The van der Waals surface area contributed by atoms with Crippen molar-refractivity contribution in [3.63, 3.8) is 0 Å². The topological polar surface area (TPSA) is 36.9 Å². The second kappa shape index (κ2) is 7.65. The molecule has 0 amide bonds. The van der Waals surface area contributed by atoms with Gasteiger partial charge in [0.2, 0.25) is 0 Å². The summed E-state index contributed by atoms with van der Waals surface area (Å²) in [7, 11) is 2.09. The second-order valence-corrected chi connectivity index (χ2v) is 6.99. The van der Waals surface area contributed by atoms with Crippen molar-refractivity contribution < 1.29 is 18.0 Å². The number of ether oxygens (including phenoxy) is 1. The number of benzene rings is 1. The predicted molar refractivity (Wildman–Crippen MR) is 72.1 cm³/mol. The molecule has 0 saturated heterocycles. The van der Waals surface area contributed by atoms with Gasteiger partial charge in [0.1, 0.15) is 5.73 Å². The molecule has 0 bridgehead atoms. The minimum atomic E-state index is -2.72. The second-order valence-electron chi connectivity index (χ2n) is 3.91. The van der Waals surface area contributed by atoms with E-state index in [4.69, 9.17) is 18.0 Å². The Labute approximate surface area is 110 Å². The summed E-state index contributed by atoms with van der Waals surface area (Å²) in [6.45, 7) is 2.57. The summed E-state index contributed by atoms with van der Waals surface area (Å²) < 4.78 is 22.2. The number of hydrogen-bond acceptors (Lipinski definition) is 4. The molecule has 0 heterocycles. The first-order chi connectivity index (χ1) is 8.72. The van der Waals surface area contributed by atoms with Crippen LogP contribution in [0, 0.1) is 0 Å². The minimum absolute atomic E-state index is 0.155. The van der Waals surface area contributed by atoms with Crippen LogP contribution in [0.5, 0.6) is 0 Å². The van der Waals surface area contributed by atoms with Crippen molar-refractivity contribution in [2.75, 3.05) is 21.3 Å². The lowest BCUT2D eigenvalue weighted by Crippen LogP contribution is -2.55. The molecule has 0 radical (unpaired) electrons. The van der Waals surface area contributed by atoms with Crippen LogP contribution in [0.25, 0.3) is 0 Å². The van der Waals surface area contributed by atoms with Crippen molar-refractivity contribution in [2.45, 2.75) is 25.7 Å². The molecule has 0 saturated carbocycles.